The standard InChI is InChI=1S/C22H18F3N3O2/c1-12-16(22(30)27-18-5-4-17(24)21(25)20(12)18)8-19(29)28-6-2-3-13(11-28)14-7-15(23)10-26-9-14/h3-5,7,9-10H,2,6,8,11H2,1H3,(H,27,30). The highest BCUT2D eigenvalue weighted by Gasteiger charge is 2.23. The molecule has 3 aromatic rings. The number of hydrogen-bond acceptors (Lipinski definition) is 3. The Bertz CT molecular complexity index is 1250. The minimum Gasteiger partial charge on any atom is -0.338 e. The SMILES string of the molecule is Cc1c(CC(=O)N2CCC=C(c3cncc(F)c3)C2)c(=O)[nH]c2ccc(F)c(F)c12. The monoisotopic (exact) mass is 413 g/mol. The summed E-state index contributed by atoms with van der Waals surface area (Å²) in [5.41, 5.74) is 1.35. The van der Waals surface area contributed by atoms with Crippen molar-refractivity contribution in [2.75, 3.05) is 13.1 Å². The van der Waals surface area contributed by atoms with E-state index in [1.54, 1.807) is 4.90 Å². The summed E-state index contributed by atoms with van der Waals surface area (Å²) in [6.07, 6.45) is 4.88. The van der Waals surface area contributed by atoms with E-state index in [9.17, 15) is 22.8 Å². The van der Waals surface area contributed by atoms with Crippen molar-refractivity contribution in [2.45, 2.75) is 19.8 Å². The molecular weight excluding hydrogens is 395 g/mol. The predicted octanol–water partition coefficient (Wildman–Crippen LogP) is 3.51. The van der Waals surface area contributed by atoms with Gasteiger partial charge in [-0.25, -0.2) is 13.2 Å². The molecule has 30 heavy (non-hydrogen) atoms. The average Bonchev–Trinajstić information content (AvgIpc) is 2.73. The topological polar surface area (TPSA) is 66.1 Å². The Morgan fingerprint density at radius 1 is 1.23 bits per heavy atom. The highest BCUT2D eigenvalue weighted by Crippen LogP contribution is 2.25. The number of rotatable bonds is 3. The van der Waals surface area contributed by atoms with Crippen LogP contribution in [0, 0.1) is 24.4 Å². The predicted molar refractivity (Wildman–Crippen MR) is 106 cm³/mol. The fraction of sp³-hybridized carbons (Fsp3) is 0.227. The summed E-state index contributed by atoms with van der Waals surface area (Å²) in [4.78, 5) is 33.3. The number of nitrogens with one attached hydrogen (secondary N) is 1. The van der Waals surface area contributed by atoms with E-state index in [0.29, 0.717) is 18.5 Å². The van der Waals surface area contributed by atoms with Gasteiger partial charge in [-0.3, -0.25) is 14.6 Å². The second-order valence-electron chi connectivity index (χ2n) is 7.24. The minimum atomic E-state index is -1.06. The molecule has 5 nitrogen and oxygen atoms in total. The highest BCUT2D eigenvalue weighted by atomic mass is 19.2. The van der Waals surface area contributed by atoms with Crippen LogP contribution in [0.1, 0.15) is 23.1 Å². The quantitative estimate of drug-likeness (QED) is 0.715. The molecule has 0 unspecified atom stereocenters. The first-order valence-electron chi connectivity index (χ1n) is 9.42. The van der Waals surface area contributed by atoms with Gasteiger partial charge in [0, 0.05) is 35.8 Å². The maximum atomic E-state index is 14.3. The van der Waals surface area contributed by atoms with Gasteiger partial charge in [-0.2, -0.15) is 0 Å². The largest absolute Gasteiger partial charge is 0.338 e. The summed E-state index contributed by atoms with van der Waals surface area (Å²) < 4.78 is 41.4. The van der Waals surface area contributed by atoms with E-state index >= 15 is 0 Å². The zero-order chi connectivity index (χ0) is 21.4. The molecule has 0 radical (unpaired) electrons. The van der Waals surface area contributed by atoms with Crippen LogP contribution >= 0.6 is 0 Å². The Morgan fingerprint density at radius 2 is 2.03 bits per heavy atom. The van der Waals surface area contributed by atoms with Crippen molar-refractivity contribution in [3.63, 3.8) is 0 Å². The molecule has 2 aromatic heterocycles. The van der Waals surface area contributed by atoms with Gasteiger partial charge >= 0.3 is 0 Å². The summed E-state index contributed by atoms with van der Waals surface area (Å²) in [5.74, 6) is -2.87. The van der Waals surface area contributed by atoms with Gasteiger partial charge in [-0.1, -0.05) is 6.08 Å². The molecule has 0 saturated carbocycles. The van der Waals surface area contributed by atoms with Crippen LogP contribution in [-0.4, -0.2) is 33.9 Å². The van der Waals surface area contributed by atoms with Crippen molar-refractivity contribution in [2.24, 2.45) is 0 Å². The van der Waals surface area contributed by atoms with Gasteiger partial charge in [0.15, 0.2) is 11.6 Å². The van der Waals surface area contributed by atoms with Gasteiger partial charge < -0.3 is 9.88 Å². The third-order valence-electron chi connectivity index (χ3n) is 5.35. The zero-order valence-electron chi connectivity index (χ0n) is 16.1. The molecule has 1 amide bonds. The number of benzene rings is 1. The molecular formula is C22H18F3N3O2. The summed E-state index contributed by atoms with van der Waals surface area (Å²) in [7, 11) is 0. The second kappa shape index (κ2) is 7.78. The van der Waals surface area contributed by atoms with Crippen molar-refractivity contribution in [3.8, 4) is 0 Å². The van der Waals surface area contributed by atoms with Gasteiger partial charge in [0.25, 0.3) is 5.56 Å². The van der Waals surface area contributed by atoms with Crippen LogP contribution in [0.2, 0.25) is 0 Å². The Kier molecular flexibility index (Phi) is 5.15. The van der Waals surface area contributed by atoms with E-state index in [1.807, 2.05) is 6.08 Å². The number of aromatic nitrogens is 2. The summed E-state index contributed by atoms with van der Waals surface area (Å²) >= 11 is 0. The lowest BCUT2D eigenvalue weighted by molar-refractivity contribution is -0.130. The van der Waals surface area contributed by atoms with Crippen LogP contribution in [0.15, 0.2) is 41.5 Å². The number of fused-ring (bicyclic) bond motifs is 1. The summed E-state index contributed by atoms with van der Waals surface area (Å²) in [6.45, 7) is 2.19. The Morgan fingerprint density at radius 3 is 2.80 bits per heavy atom. The van der Waals surface area contributed by atoms with Gasteiger partial charge in [0.2, 0.25) is 5.91 Å². The number of carbonyl (C=O) groups excluding carboxylic acids is 1. The molecule has 0 bridgehead atoms. The molecule has 0 aliphatic carbocycles. The van der Waals surface area contributed by atoms with Crippen LogP contribution in [-0.2, 0) is 11.2 Å². The Labute approximate surface area is 169 Å². The number of nitrogens with zero attached hydrogens (tertiary/aromatic N) is 2. The minimum absolute atomic E-state index is 0.0394. The normalized spacial score (nSPS) is 14.1. The van der Waals surface area contributed by atoms with Crippen molar-refractivity contribution in [3.05, 3.63) is 81.2 Å². The molecule has 4 rings (SSSR count). The molecule has 0 atom stereocenters. The van der Waals surface area contributed by atoms with E-state index < -0.39 is 23.0 Å². The van der Waals surface area contributed by atoms with E-state index in [-0.39, 0.29) is 40.9 Å². The molecule has 0 fully saturated rings. The number of carbonyl (C=O) groups is 1. The molecule has 1 aliphatic heterocycles. The highest BCUT2D eigenvalue weighted by molar-refractivity contribution is 5.87. The van der Waals surface area contributed by atoms with Crippen molar-refractivity contribution < 1.29 is 18.0 Å². The first-order valence-corrected chi connectivity index (χ1v) is 9.42. The summed E-state index contributed by atoms with van der Waals surface area (Å²) in [6, 6.07) is 3.59. The van der Waals surface area contributed by atoms with Crippen molar-refractivity contribution >= 4 is 22.4 Å². The van der Waals surface area contributed by atoms with Crippen molar-refractivity contribution in [1.82, 2.24) is 14.9 Å². The van der Waals surface area contributed by atoms with Gasteiger partial charge in [-0.05, 0) is 42.7 Å². The molecule has 1 N–H and O–H groups in total. The number of amides is 1. The van der Waals surface area contributed by atoms with Crippen LogP contribution in [0.4, 0.5) is 13.2 Å². The molecule has 0 spiro atoms. The van der Waals surface area contributed by atoms with Crippen LogP contribution in [0.5, 0.6) is 0 Å². The lowest BCUT2D eigenvalue weighted by Crippen LogP contribution is -2.37. The zero-order valence-corrected chi connectivity index (χ0v) is 16.1. The number of pyridine rings is 2. The molecule has 8 heteroatoms. The Balaban J connectivity index is 1.61. The number of aromatic amines is 1. The molecule has 1 aliphatic rings. The summed E-state index contributed by atoms with van der Waals surface area (Å²) in [5, 5.41) is -0.0394. The lowest BCUT2D eigenvalue weighted by atomic mass is 9.99. The fourth-order valence-electron chi connectivity index (χ4n) is 3.77. The second-order valence-corrected chi connectivity index (χ2v) is 7.24. The van der Waals surface area contributed by atoms with Gasteiger partial charge in [-0.15, -0.1) is 0 Å². The van der Waals surface area contributed by atoms with Gasteiger partial charge in [0.1, 0.15) is 5.82 Å². The first kappa shape index (κ1) is 19.9. The molecule has 154 valence electrons. The fourth-order valence-corrected chi connectivity index (χ4v) is 3.77. The number of hydrogen-bond donors (Lipinski definition) is 1. The van der Waals surface area contributed by atoms with E-state index in [0.717, 1.165) is 17.8 Å². The number of halogens is 3. The van der Waals surface area contributed by atoms with E-state index in [4.69, 9.17) is 0 Å². The third kappa shape index (κ3) is 3.60. The van der Waals surface area contributed by atoms with Crippen LogP contribution in [0.25, 0.3) is 16.5 Å². The van der Waals surface area contributed by atoms with Crippen molar-refractivity contribution in [1.29, 1.82) is 0 Å². The molecule has 0 saturated heterocycles. The smallest absolute Gasteiger partial charge is 0.252 e. The van der Waals surface area contributed by atoms with Crippen LogP contribution in [0.3, 0.4) is 0 Å². The maximum Gasteiger partial charge on any atom is 0.252 e. The number of aryl methyl sites for hydroxylation is 1. The Hall–Kier alpha value is -3.42. The third-order valence-corrected chi connectivity index (χ3v) is 5.35. The molecule has 1 aromatic carbocycles. The van der Waals surface area contributed by atoms with E-state index in [1.165, 1.54) is 25.3 Å². The first-order chi connectivity index (χ1) is 14.3. The van der Waals surface area contributed by atoms with Crippen LogP contribution < -0.4 is 5.56 Å². The maximum absolute atomic E-state index is 14.3. The average molecular weight is 413 g/mol. The van der Waals surface area contributed by atoms with Gasteiger partial charge in [0.05, 0.1) is 18.1 Å². The van der Waals surface area contributed by atoms with E-state index in [2.05, 4.69) is 9.97 Å². The number of H-pyrrole nitrogens is 1. The molecule has 3 heterocycles. The lowest BCUT2D eigenvalue weighted by Gasteiger charge is -2.28.